The van der Waals surface area contributed by atoms with E-state index < -0.39 is 0 Å². The third-order valence-corrected chi connectivity index (χ3v) is 3.10. The van der Waals surface area contributed by atoms with E-state index in [2.05, 4.69) is 16.2 Å². The highest BCUT2D eigenvalue weighted by atomic mass is 31.0. The Balaban J connectivity index is 2.36. The van der Waals surface area contributed by atoms with Crippen molar-refractivity contribution < 1.29 is 4.74 Å². The summed E-state index contributed by atoms with van der Waals surface area (Å²) in [5.41, 5.74) is 0.689. The zero-order valence-electron chi connectivity index (χ0n) is 6.84. The quantitative estimate of drug-likeness (QED) is 0.533. The third-order valence-electron chi connectivity index (χ3n) is 2.40. The molecule has 1 rings (SSSR count). The predicted molar refractivity (Wildman–Crippen MR) is 47.3 cm³/mol. The Bertz CT molecular complexity index is 105. The summed E-state index contributed by atoms with van der Waals surface area (Å²) in [6, 6.07) is 0. The van der Waals surface area contributed by atoms with E-state index in [0.717, 1.165) is 5.92 Å². The zero-order chi connectivity index (χ0) is 7.56. The first-order chi connectivity index (χ1) is 4.74. The maximum Gasteiger partial charge on any atom is 0.0634 e. The van der Waals surface area contributed by atoms with Gasteiger partial charge in [0.2, 0.25) is 0 Å². The van der Waals surface area contributed by atoms with E-state index in [9.17, 15) is 0 Å². The Labute approximate surface area is 65.7 Å². The van der Waals surface area contributed by atoms with Crippen molar-refractivity contribution in [2.24, 2.45) is 5.92 Å². The van der Waals surface area contributed by atoms with Crippen LogP contribution in [0.5, 0.6) is 0 Å². The Hall–Kier alpha value is 0.390. The Morgan fingerprint density at radius 3 is 2.60 bits per heavy atom. The first-order valence-electron chi connectivity index (χ1n) is 4.02. The van der Waals surface area contributed by atoms with Crippen molar-refractivity contribution in [2.45, 2.75) is 37.9 Å². The molecule has 1 aliphatic rings. The van der Waals surface area contributed by atoms with Gasteiger partial charge in [0.1, 0.15) is 0 Å². The van der Waals surface area contributed by atoms with Gasteiger partial charge in [0.05, 0.1) is 6.10 Å². The number of hydrogen-bond donors (Lipinski definition) is 0. The average molecular weight is 160 g/mol. The molecule has 1 nitrogen and oxygen atoms in total. The molecule has 60 valence electrons. The summed E-state index contributed by atoms with van der Waals surface area (Å²) in [6.45, 7) is 2.32. The van der Waals surface area contributed by atoms with Gasteiger partial charge < -0.3 is 4.74 Å². The second-order valence-corrected chi connectivity index (χ2v) is 4.21. The van der Waals surface area contributed by atoms with E-state index in [1.807, 2.05) is 7.11 Å². The normalized spacial score (nSPS) is 41.7. The van der Waals surface area contributed by atoms with Crippen LogP contribution >= 0.6 is 9.24 Å². The van der Waals surface area contributed by atoms with Crippen LogP contribution in [0.1, 0.15) is 26.2 Å². The second-order valence-electron chi connectivity index (χ2n) is 3.36. The summed E-state index contributed by atoms with van der Waals surface area (Å²) in [5.74, 6) is 0.897. The molecule has 1 fully saturated rings. The summed E-state index contributed by atoms with van der Waals surface area (Å²) < 4.78 is 5.33. The summed E-state index contributed by atoms with van der Waals surface area (Å²) in [5, 5.41) is 0. The molecule has 0 spiro atoms. The van der Waals surface area contributed by atoms with Gasteiger partial charge in [-0.3, -0.25) is 0 Å². The number of methoxy groups -OCH3 is 1. The lowest BCUT2D eigenvalue weighted by Gasteiger charge is -2.31. The van der Waals surface area contributed by atoms with Crippen LogP contribution in [0.2, 0.25) is 0 Å². The fourth-order valence-electron chi connectivity index (χ4n) is 1.69. The molecule has 0 radical (unpaired) electrons. The van der Waals surface area contributed by atoms with Crippen molar-refractivity contribution in [2.75, 3.05) is 7.11 Å². The monoisotopic (exact) mass is 160 g/mol. The molecule has 0 N–H and O–H groups in total. The van der Waals surface area contributed by atoms with Gasteiger partial charge in [0, 0.05) is 12.8 Å². The van der Waals surface area contributed by atoms with E-state index in [1.165, 1.54) is 19.3 Å². The SMILES string of the molecule is COC1CCC(C)CC1P. The zero-order valence-corrected chi connectivity index (χ0v) is 7.99. The van der Waals surface area contributed by atoms with Crippen LogP contribution in [0.4, 0.5) is 0 Å². The van der Waals surface area contributed by atoms with Gasteiger partial charge in [0.25, 0.3) is 0 Å². The van der Waals surface area contributed by atoms with E-state index in [-0.39, 0.29) is 0 Å². The van der Waals surface area contributed by atoms with Gasteiger partial charge in [-0.25, -0.2) is 0 Å². The van der Waals surface area contributed by atoms with Crippen molar-refractivity contribution in [1.29, 1.82) is 0 Å². The summed E-state index contributed by atoms with van der Waals surface area (Å²) in [4.78, 5) is 0. The predicted octanol–water partition coefficient (Wildman–Crippen LogP) is 2.07. The van der Waals surface area contributed by atoms with Crippen molar-refractivity contribution >= 4 is 9.24 Å². The van der Waals surface area contributed by atoms with Crippen molar-refractivity contribution in [1.82, 2.24) is 0 Å². The molecular formula is C8H17OP. The number of hydrogen-bond acceptors (Lipinski definition) is 1. The summed E-state index contributed by atoms with van der Waals surface area (Å²) in [6.07, 6.45) is 4.39. The Kier molecular flexibility index (Phi) is 3.13. The number of rotatable bonds is 1. The highest BCUT2D eigenvalue weighted by Crippen LogP contribution is 2.30. The molecule has 1 aliphatic carbocycles. The van der Waals surface area contributed by atoms with Crippen LogP contribution in [0, 0.1) is 5.92 Å². The molecule has 0 aromatic heterocycles. The van der Waals surface area contributed by atoms with Crippen LogP contribution < -0.4 is 0 Å². The molecule has 0 heterocycles. The lowest BCUT2D eigenvalue weighted by Crippen LogP contribution is -2.29. The van der Waals surface area contributed by atoms with E-state index >= 15 is 0 Å². The van der Waals surface area contributed by atoms with Gasteiger partial charge in [-0.05, 0) is 25.2 Å². The second kappa shape index (κ2) is 3.69. The first kappa shape index (κ1) is 8.49. The minimum atomic E-state index is 0.501. The van der Waals surface area contributed by atoms with Crippen LogP contribution in [0.3, 0.4) is 0 Å². The van der Waals surface area contributed by atoms with Crippen molar-refractivity contribution in [3.63, 3.8) is 0 Å². The molecule has 0 saturated heterocycles. The lowest BCUT2D eigenvalue weighted by atomic mass is 9.88. The van der Waals surface area contributed by atoms with Gasteiger partial charge in [-0.1, -0.05) is 6.92 Å². The summed E-state index contributed by atoms with van der Waals surface area (Å²) >= 11 is 0. The highest BCUT2D eigenvalue weighted by molar-refractivity contribution is 7.17. The molecule has 0 bridgehead atoms. The first-order valence-corrected chi connectivity index (χ1v) is 4.69. The molecule has 4 atom stereocenters. The summed E-state index contributed by atoms with van der Waals surface area (Å²) in [7, 11) is 4.71. The van der Waals surface area contributed by atoms with Gasteiger partial charge >= 0.3 is 0 Å². The van der Waals surface area contributed by atoms with E-state index in [4.69, 9.17) is 4.74 Å². The number of ether oxygens (including phenoxy) is 1. The molecular weight excluding hydrogens is 143 g/mol. The van der Waals surface area contributed by atoms with Crippen LogP contribution in [-0.2, 0) is 4.74 Å². The third kappa shape index (κ3) is 1.93. The molecule has 0 aromatic rings. The van der Waals surface area contributed by atoms with Gasteiger partial charge in [-0.2, -0.15) is 0 Å². The highest BCUT2D eigenvalue weighted by Gasteiger charge is 2.24. The fraction of sp³-hybridized carbons (Fsp3) is 1.00. The van der Waals surface area contributed by atoms with Crippen LogP contribution in [0.25, 0.3) is 0 Å². The molecule has 10 heavy (non-hydrogen) atoms. The van der Waals surface area contributed by atoms with Gasteiger partial charge in [0.15, 0.2) is 0 Å². The lowest BCUT2D eigenvalue weighted by molar-refractivity contribution is 0.0647. The largest absolute Gasteiger partial charge is 0.381 e. The molecule has 0 aliphatic heterocycles. The minimum absolute atomic E-state index is 0.501. The Morgan fingerprint density at radius 1 is 1.40 bits per heavy atom. The molecule has 4 unspecified atom stereocenters. The van der Waals surface area contributed by atoms with Crippen LogP contribution in [-0.4, -0.2) is 18.9 Å². The topological polar surface area (TPSA) is 9.23 Å². The van der Waals surface area contributed by atoms with Crippen LogP contribution in [0.15, 0.2) is 0 Å². The molecule has 1 saturated carbocycles. The maximum atomic E-state index is 5.33. The van der Waals surface area contributed by atoms with E-state index in [1.54, 1.807) is 0 Å². The molecule has 2 heteroatoms. The Morgan fingerprint density at radius 2 is 2.10 bits per heavy atom. The standard InChI is InChI=1S/C8H17OP/c1-6-3-4-7(9-2)8(10)5-6/h6-8H,3-5,10H2,1-2H3. The maximum absolute atomic E-state index is 5.33. The van der Waals surface area contributed by atoms with Crippen molar-refractivity contribution in [3.05, 3.63) is 0 Å². The van der Waals surface area contributed by atoms with Gasteiger partial charge in [-0.15, -0.1) is 9.24 Å². The smallest absolute Gasteiger partial charge is 0.0634 e. The molecule has 0 amide bonds. The van der Waals surface area contributed by atoms with Crippen molar-refractivity contribution in [3.8, 4) is 0 Å². The molecule has 0 aromatic carbocycles. The minimum Gasteiger partial charge on any atom is -0.381 e. The average Bonchev–Trinajstić information content (AvgIpc) is 1.88. The van der Waals surface area contributed by atoms with E-state index in [0.29, 0.717) is 11.8 Å². The fourth-order valence-corrected chi connectivity index (χ4v) is 2.50.